The van der Waals surface area contributed by atoms with Gasteiger partial charge in [-0.25, -0.2) is 8.42 Å². The van der Waals surface area contributed by atoms with Crippen LogP contribution in [-0.2, 0) is 14.3 Å². The first-order valence-electron chi connectivity index (χ1n) is 6.46. The molecule has 0 N–H and O–H groups in total. The lowest BCUT2D eigenvalue weighted by atomic mass is 10.3. The Morgan fingerprint density at radius 2 is 1.35 bits per heavy atom. The van der Waals surface area contributed by atoms with E-state index in [1.165, 1.54) is 0 Å². The average molecular weight is 445 g/mol. The standard InChI is InChI=1S/C9H10F9N2O4S2/c10-6(11,8(14,15)26(22,23)19-9(16,17)18)7(12,13)25(24-20-21)4-2-1-3-5-25/h1-5H2/q-1. The summed E-state index contributed by atoms with van der Waals surface area (Å²) in [6, 6.07) is 0. The molecule has 0 saturated carbocycles. The van der Waals surface area contributed by atoms with Crippen molar-refractivity contribution in [1.29, 1.82) is 0 Å². The third-order valence-electron chi connectivity index (χ3n) is 3.37. The van der Waals surface area contributed by atoms with Gasteiger partial charge in [-0.2, -0.15) is 39.5 Å². The number of alkyl halides is 9. The minimum absolute atomic E-state index is 0.191. The monoisotopic (exact) mass is 445 g/mol. The molecule has 0 aliphatic carbocycles. The predicted molar refractivity (Wildman–Crippen MR) is 71.2 cm³/mol. The van der Waals surface area contributed by atoms with Gasteiger partial charge in [0.05, 0.1) is 0 Å². The Labute approximate surface area is 141 Å². The lowest BCUT2D eigenvalue weighted by molar-refractivity contribution is -0.244. The van der Waals surface area contributed by atoms with Crippen LogP contribution >= 0.6 is 10.3 Å². The summed E-state index contributed by atoms with van der Waals surface area (Å²) in [7, 11) is -12.2. The number of rotatable bonds is 7. The van der Waals surface area contributed by atoms with E-state index in [0.717, 1.165) is 0 Å². The first-order chi connectivity index (χ1) is 11.5. The first kappa shape index (κ1) is 23.1. The van der Waals surface area contributed by atoms with E-state index in [4.69, 9.17) is 0 Å². The fraction of sp³-hybridized carbons (Fsp3) is 1.00. The van der Waals surface area contributed by atoms with Crippen LogP contribution in [0.1, 0.15) is 19.3 Å². The van der Waals surface area contributed by atoms with E-state index < -0.39 is 54.6 Å². The maximum Gasteiger partial charge on any atom is 0.398 e. The van der Waals surface area contributed by atoms with Gasteiger partial charge in [-0.15, -0.1) is 4.91 Å². The number of hydrogen-bond acceptors (Lipinski definition) is 5. The minimum atomic E-state index is -7.45. The molecule has 0 amide bonds. The molecule has 0 aromatic carbocycles. The lowest BCUT2D eigenvalue weighted by Gasteiger charge is -2.48. The van der Waals surface area contributed by atoms with Crippen molar-refractivity contribution in [3.05, 3.63) is 9.63 Å². The summed E-state index contributed by atoms with van der Waals surface area (Å²) >= 11 is 0. The number of hydrogen-bond donors (Lipinski definition) is 0. The van der Waals surface area contributed by atoms with Gasteiger partial charge in [0.15, 0.2) is 15.4 Å². The zero-order chi connectivity index (χ0) is 20.7. The highest BCUT2D eigenvalue weighted by Crippen LogP contribution is 2.71. The van der Waals surface area contributed by atoms with Crippen molar-refractivity contribution in [1.82, 2.24) is 0 Å². The SMILES string of the molecule is O=NOS1(C(F)(F)C(F)(F)C(F)(F)S(=O)(=O)[N-]C(F)(F)F)CCCCC1. The molecule has 1 aliphatic rings. The van der Waals surface area contributed by atoms with E-state index in [2.05, 4.69) is 4.28 Å². The Bertz CT molecular complexity index is 632. The Kier molecular flexibility index (Phi) is 6.11. The number of halogens is 9. The molecule has 1 heterocycles. The van der Waals surface area contributed by atoms with Gasteiger partial charge in [-0.3, -0.25) is 0 Å². The van der Waals surface area contributed by atoms with Crippen molar-refractivity contribution in [2.45, 2.75) is 42.0 Å². The molecule has 17 heteroatoms. The fourth-order valence-corrected chi connectivity index (χ4v) is 6.06. The van der Waals surface area contributed by atoms with Gasteiger partial charge < -0.3 is 9.01 Å². The summed E-state index contributed by atoms with van der Waals surface area (Å²) < 4.78 is 146. The predicted octanol–water partition coefficient (Wildman–Crippen LogP) is 4.63. The normalized spacial score (nSPS) is 21.1. The van der Waals surface area contributed by atoms with Gasteiger partial charge in [-0.05, 0) is 12.8 Å². The molecule has 0 atom stereocenters. The van der Waals surface area contributed by atoms with Crippen molar-refractivity contribution >= 4 is 20.3 Å². The van der Waals surface area contributed by atoms with Crippen LogP contribution in [0.3, 0.4) is 0 Å². The first-order valence-corrected chi connectivity index (χ1v) is 9.79. The molecule has 1 rings (SSSR count). The molecular formula is C9H10F9N2O4S2-. The molecule has 6 nitrogen and oxygen atoms in total. The second-order valence-corrected chi connectivity index (χ2v) is 9.82. The summed E-state index contributed by atoms with van der Waals surface area (Å²) in [5.41, 5.74) is 0. The summed E-state index contributed by atoms with van der Waals surface area (Å²) in [5, 5.41) is -11.3. The molecule has 0 radical (unpaired) electrons. The number of nitrogens with zero attached hydrogens (tertiary/aromatic N) is 2. The van der Waals surface area contributed by atoms with E-state index in [-0.39, 0.29) is 19.3 Å². The molecule has 1 aliphatic heterocycles. The van der Waals surface area contributed by atoms with Crippen molar-refractivity contribution < 1.29 is 52.2 Å². The zero-order valence-electron chi connectivity index (χ0n) is 12.3. The van der Waals surface area contributed by atoms with Crippen LogP contribution < -0.4 is 0 Å². The Morgan fingerprint density at radius 1 is 0.885 bits per heavy atom. The van der Waals surface area contributed by atoms with Crippen LogP contribution in [0.15, 0.2) is 5.34 Å². The Morgan fingerprint density at radius 3 is 1.73 bits per heavy atom. The van der Waals surface area contributed by atoms with Crippen molar-refractivity contribution in [2.75, 3.05) is 11.5 Å². The largest absolute Gasteiger partial charge is 0.452 e. The molecule has 26 heavy (non-hydrogen) atoms. The van der Waals surface area contributed by atoms with Crippen LogP contribution in [0.5, 0.6) is 0 Å². The maximum absolute atomic E-state index is 14.3. The fourth-order valence-electron chi connectivity index (χ4n) is 2.14. The summed E-state index contributed by atoms with van der Waals surface area (Å²) in [4.78, 5) is 10.2. The Balaban J connectivity index is 3.45. The lowest BCUT2D eigenvalue weighted by Crippen LogP contribution is -2.60. The van der Waals surface area contributed by atoms with Gasteiger partial charge in [-0.1, -0.05) is 6.42 Å². The summed E-state index contributed by atoms with van der Waals surface area (Å²) in [6.45, 7) is 0. The van der Waals surface area contributed by atoms with E-state index >= 15 is 0 Å². The highest BCUT2D eigenvalue weighted by atomic mass is 32.3. The molecule has 0 aromatic heterocycles. The Hall–Kier alpha value is -0.970. The van der Waals surface area contributed by atoms with Gasteiger partial charge >= 0.3 is 22.7 Å². The molecule has 1 fully saturated rings. The quantitative estimate of drug-likeness (QED) is 0.247. The molecule has 0 aromatic rings. The van der Waals surface area contributed by atoms with Crippen LogP contribution in [0.4, 0.5) is 39.5 Å². The van der Waals surface area contributed by atoms with Crippen molar-refractivity contribution in [3.8, 4) is 0 Å². The maximum atomic E-state index is 14.3. The number of sulfonamides is 1. The second kappa shape index (κ2) is 6.88. The summed E-state index contributed by atoms with van der Waals surface area (Å²) in [6.07, 6.45) is -6.58. The molecule has 0 bridgehead atoms. The highest BCUT2D eigenvalue weighted by Gasteiger charge is 2.81. The van der Waals surface area contributed by atoms with Crippen LogP contribution in [0.2, 0.25) is 0 Å². The second-order valence-electron chi connectivity index (χ2n) is 5.07. The third kappa shape index (κ3) is 3.69. The topological polar surface area (TPSA) is 86.9 Å². The van der Waals surface area contributed by atoms with E-state index in [9.17, 15) is 52.8 Å². The van der Waals surface area contributed by atoms with Gasteiger partial charge in [0.2, 0.25) is 0 Å². The van der Waals surface area contributed by atoms with Gasteiger partial charge in [0.1, 0.15) is 0 Å². The molecule has 0 spiro atoms. The molecule has 0 unspecified atom stereocenters. The van der Waals surface area contributed by atoms with Crippen LogP contribution in [0.25, 0.3) is 4.72 Å². The van der Waals surface area contributed by atoms with E-state index in [1.807, 2.05) is 0 Å². The van der Waals surface area contributed by atoms with Gasteiger partial charge in [0.25, 0.3) is 0 Å². The highest BCUT2D eigenvalue weighted by molar-refractivity contribution is 8.30. The minimum Gasteiger partial charge on any atom is -0.452 e. The third-order valence-corrected chi connectivity index (χ3v) is 8.15. The average Bonchev–Trinajstić information content (AvgIpc) is 2.45. The molecule has 1 saturated heterocycles. The van der Waals surface area contributed by atoms with Gasteiger partial charge in [0, 0.05) is 21.8 Å². The molecular weight excluding hydrogens is 435 g/mol. The van der Waals surface area contributed by atoms with Crippen LogP contribution in [-0.4, -0.2) is 42.7 Å². The van der Waals surface area contributed by atoms with Crippen LogP contribution in [0, 0.1) is 4.91 Å². The van der Waals surface area contributed by atoms with Crippen molar-refractivity contribution in [2.24, 2.45) is 5.34 Å². The van der Waals surface area contributed by atoms with Crippen molar-refractivity contribution in [3.63, 3.8) is 0 Å². The zero-order valence-corrected chi connectivity index (χ0v) is 13.9. The summed E-state index contributed by atoms with van der Waals surface area (Å²) in [5.74, 6) is -8.88. The van der Waals surface area contributed by atoms with E-state index in [0.29, 0.717) is 4.72 Å². The molecule has 156 valence electrons. The smallest absolute Gasteiger partial charge is 0.398 e. The van der Waals surface area contributed by atoms with E-state index in [1.54, 1.807) is 5.34 Å².